The third-order valence-corrected chi connectivity index (χ3v) is 2.92. The van der Waals surface area contributed by atoms with E-state index in [4.69, 9.17) is 21.1 Å². The monoisotopic (exact) mass is 376 g/mol. The molecule has 0 saturated heterocycles. The highest BCUT2D eigenvalue weighted by Crippen LogP contribution is 1.98. The van der Waals surface area contributed by atoms with Crippen molar-refractivity contribution in [3.05, 3.63) is 0 Å². The summed E-state index contributed by atoms with van der Waals surface area (Å²) in [5, 5.41) is 32.3. The lowest BCUT2D eigenvalue weighted by molar-refractivity contribution is -0.143. The summed E-state index contributed by atoms with van der Waals surface area (Å²) in [6.45, 7) is -1.18. The lowest BCUT2D eigenvalue weighted by Gasteiger charge is -2.17. The Balaban J connectivity index is 4.65. The van der Waals surface area contributed by atoms with Crippen molar-refractivity contribution in [2.24, 2.45) is 5.73 Å². The summed E-state index contributed by atoms with van der Waals surface area (Å²) >= 11 is 0. The summed E-state index contributed by atoms with van der Waals surface area (Å²) in [5.74, 6) is -6.78. The molecule has 0 fully saturated rings. The highest BCUT2D eigenvalue weighted by atomic mass is 16.4. The van der Waals surface area contributed by atoms with Crippen molar-refractivity contribution in [1.29, 1.82) is 0 Å². The lowest BCUT2D eigenvalue weighted by Crippen LogP contribution is -2.52. The van der Waals surface area contributed by atoms with Crippen molar-refractivity contribution < 1.29 is 44.1 Å². The maximum Gasteiger partial charge on any atom is 0.326 e. The number of nitrogens with one attached hydrogen (secondary N) is 3. The van der Waals surface area contributed by atoms with Crippen LogP contribution in [0.15, 0.2) is 0 Å². The van der Waals surface area contributed by atoms with Crippen LogP contribution in [0.3, 0.4) is 0 Å². The van der Waals surface area contributed by atoms with Crippen molar-refractivity contribution in [1.82, 2.24) is 16.0 Å². The lowest BCUT2D eigenvalue weighted by atomic mass is 10.1. The van der Waals surface area contributed by atoms with Gasteiger partial charge in [0.15, 0.2) is 0 Å². The SMILES string of the molecule is NCC(=O)NC(CC(=O)O)C(=O)NCC(=O)NC(CCC(=O)O)C(=O)O. The minimum absolute atomic E-state index is 0.363. The number of carbonyl (C=O) groups is 6. The summed E-state index contributed by atoms with van der Waals surface area (Å²) in [7, 11) is 0. The van der Waals surface area contributed by atoms with Crippen LogP contribution in [-0.2, 0) is 28.8 Å². The van der Waals surface area contributed by atoms with Crippen LogP contribution < -0.4 is 21.7 Å². The highest BCUT2D eigenvalue weighted by Gasteiger charge is 2.25. The van der Waals surface area contributed by atoms with Crippen LogP contribution in [0.5, 0.6) is 0 Å². The number of nitrogens with two attached hydrogens (primary N) is 1. The average molecular weight is 376 g/mol. The summed E-state index contributed by atoms with van der Waals surface area (Å²) in [6, 6.07) is -2.94. The predicted molar refractivity (Wildman–Crippen MR) is 82.7 cm³/mol. The Hall–Kier alpha value is -3.22. The summed E-state index contributed by atoms with van der Waals surface area (Å²) in [6.07, 6.45) is -1.61. The third kappa shape index (κ3) is 9.82. The molecule has 13 heteroatoms. The topological polar surface area (TPSA) is 225 Å². The molecular formula is C13H20N4O9. The maximum absolute atomic E-state index is 11.9. The molecule has 2 atom stereocenters. The number of hydrogen-bond acceptors (Lipinski definition) is 7. The first-order valence-corrected chi connectivity index (χ1v) is 7.29. The first kappa shape index (κ1) is 22.8. The molecule has 0 aromatic heterocycles. The number of amides is 3. The molecular weight excluding hydrogens is 356 g/mol. The fraction of sp³-hybridized carbons (Fsp3) is 0.538. The van der Waals surface area contributed by atoms with Crippen LogP contribution in [0.25, 0.3) is 0 Å². The number of aliphatic carboxylic acids is 3. The number of hydrogen-bond donors (Lipinski definition) is 7. The minimum Gasteiger partial charge on any atom is -0.481 e. The molecule has 0 heterocycles. The van der Waals surface area contributed by atoms with Crippen LogP contribution in [0.1, 0.15) is 19.3 Å². The molecule has 0 aliphatic heterocycles. The normalized spacial score (nSPS) is 12.3. The average Bonchev–Trinajstić information content (AvgIpc) is 2.54. The number of carboxylic acid groups (broad SMARTS) is 3. The zero-order chi connectivity index (χ0) is 20.3. The van der Waals surface area contributed by atoms with Gasteiger partial charge in [-0.05, 0) is 6.42 Å². The Kier molecular flexibility index (Phi) is 9.95. The fourth-order valence-electron chi connectivity index (χ4n) is 1.70. The van der Waals surface area contributed by atoms with Crippen molar-refractivity contribution in [3.8, 4) is 0 Å². The molecule has 0 aliphatic carbocycles. The van der Waals surface area contributed by atoms with Gasteiger partial charge in [-0.1, -0.05) is 0 Å². The van der Waals surface area contributed by atoms with Gasteiger partial charge < -0.3 is 37.0 Å². The molecule has 0 aromatic carbocycles. The molecule has 3 amide bonds. The van der Waals surface area contributed by atoms with E-state index in [0.717, 1.165) is 0 Å². The van der Waals surface area contributed by atoms with E-state index in [0.29, 0.717) is 0 Å². The Morgan fingerprint density at radius 3 is 1.88 bits per heavy atom. The van der Waals surface area contributed by atoms with Gasteiger partial charge in [0.05, 0.1) is 19.5 Å². The first-order valence-electron chi connectivity index (χ1n) is 7.29. The fourth-order valence-corrected chi connectivity index (χ4v) is 1.70. The second-order valence-corrected chi connectivity index (χ2v) is 5.03. The molecule has 0 spiro atoms. The standard InChI is InChI=1S/C13H20N4O9/c14-4-8(18)17-7(3-11(22)23)12(24)15-5-9(19)16-6(13(25)26)1-2-10(20)21/h6-7H,1-5,14H2,(H,15,24)(H,16,19)(H,17,18)(H,20,21)(H,22,23)(H,25,26). The maximum atomic E-state index is 11.9. The van der Waals surface area contributed by atoms with Crippen LogP contribution in [0, 0.1) is 0 Å². The van der Waals surface area contributed by atoms with Crippen LogP contribution in [0.4, 0.5) is 0 Å². The van der Waals surface area contributed by atoms with Crippen LogP contribution >= 0.6 is 0 Å². The minimum atomic E-state index is -1.47. The van der Waals surface area contributed by atoms with E-state index in [1.54, 1.807) is 0 Å². The van der Waals surface area contributed by atoms with Gasteiger partial charge in [-0.25, -0.2) is 4.79 Å². The van der Waals surface area contributed by atoms with E-state index < -0.39 is 73.6 Å². The van der Waals surface area contributed by atoms with Gasteiger partial charge in [-0.15, -0.1) is 0 Å². The predicted octanol–water partition coefficient (Wildman–Crippen LogP) is -3.54. The van der Waals surface area contributed by atoms with Gasteiger partial charge in [-0.3, -0.25) is 24.0 Å². The number of carboxylic acids is 3. The smallest absolute Gasteiger partial charge is 0.326 e. The van der Waals surface area contributed by atoms with E-state index in [1.165, 1.54) is 0 Å². The Labute approximate surface area is 146 Å². The van der Waals surface area contributed by atoms with Gasteiger partial charge in [0.2, 0.25) is 17.7 Å². The molecule has 2 unspecified atom stereocenters. The largest absolute Gasteiger partial charge is 0.481 e. The van der Waals surface area contributed by atoms with Crippen molar-refractivity contribution >= 4 is 35.6 Å². The van der Waals surface area contributed by atoms with E-state index in [1.807, 2.05) is 10.6 Å². The number of rotatable bonds is 12. The first-order chi connectivity index (χ1) is 12.1. The number of carbonyl (C=O) groups excluding carboxylic acids is 3. The van der Waals surface area contributed by atoms with E-state index in [2.05, 4.69) is 5.32 Å². The van der Waals surface area contributed by atoms with E-state index >= 15 is 0 Å². The molecule has 0 aliphatic rings. The van der Waals surface area contributed by atoms with Gasteiger partial charge >= 0.3 is 17.9 Å². The van der Waals surface area contributed by atoms with Gasteiger partial charge in [0.25, 0.3) is 0 Å². The van der Waals surface area contributed by atoms with Crippen molar-refractivity contribution in [2.45, 2.75) is 31.3 Å². The van der Waals surface area contributed by atoms with Crippen molar-refractivity contribution in [2.75, 3.05) is 13.1 Å². The molecule has 0 rings (SSSR count). The van der Waals surface area contributed by atoms with Gasteiger partial charge in [0.1, 0.15) is 12.1 Å². The Morgan fingerprint density at radius 2 is 1.42 bits per heavy atom. The van der Waals surface area contributed by atoms with Gasteiger partial charge in [-0.2, -0.15) is 0 Å². The molecule has 0 saturated carbocycles. The van der Waals surface area contributed by atoms with E-state index in [9.17, 15) is 28.8 Å². The summed E-state index contributed by atoms with van der Waals surface area (Å²) < 4.78 is 0. The molecule has 146 valence electrons. The highest BCUT2D eigenvalue weighted by molar-refractivity contribution is 5.93. The van der Waals surface area contributed by atoms with Crippen LogP contribution in [-0.4, -0.2) is 76.1 Å². The molecule has 13 nitrogen and oxygen atoms in total. The Bertz CT molecular complexity index is 578. The second-order valence-electron chi connectivity index (χ2n) is 5.03. The van der Waals surface area contributed by atoms with Crippen LogP contribution in [0.2, 0.25) is 0 Å². The summed E-state index contributed by atoms with van der Waals surface area (Å²) in [5.41, 5.74) is 5.05. The molecule has 26 heavy (non-hydrogen) atoms. The zero-order valence-electron chi connectivity index (χ0n) is 13.6. The second kappa shape index (κ2) is 11.4. The third-order valence-electron chi connectivity index (χ3n) is 2.92. The quantitative estimate of drug-likeness (QED) is 0.177. The molecule has 0 radical (unpaired) electrons. The zero-order valence-corrected chi connectivity index (χ0v) is 13.6. The Morgan fingerprint density at radius 1 is 0.846 bits per heavy atom. The van der Waals surface area contributed by atoms with E-state index in [-0.39, 0.29) is 6.42 Å². The summed E-state index contributed by atoms with van der Waals surface area (Å²) in [4.78, 5) is 66.8. The molecule has 8 N–H and O–H groups in total. The molecule has 0 bridgehead atoms. The van der Waals surface area contributed by atoms with Crippen molar-refractivity contribution in [3.63, 3.8) is 0 Å². The molecule has 0 aromatic rings. The van der Waals surface area contributed by atoms with Gasteiger partial charge in [0, 0.05) is 6.42 Å².